The van der Waals surface area contributed by atoms with Crippen molar-refractivity contribution in [3.63, 3.8) is 0 Å². The maximum atomic E-state index is 11.7. The van der Waals surface area contributed by atoms with E-state index in [1.165, 1.54) is 7.05 Å². The predicted octanol–water partition coefficient (Wildman–Crippen LogP) is 1.47. The minimum atomic E-state index is -3.37. The summed E-state index contributed by atoms with van der Waals surface area (Å²) in [5, 5.41) is 2.62. The van der Waals surface area contributed by atoms with Crippen molar-refractivity contribution in [3.8, 4) is 0 Å². The van der Waals surface area contributed by atoms with E-state index in [4.69, 9.17) is 4.74 Å². The number of carbonyl (C=O) groups excluding carboxylic acids is 1. The van der Waals surface area contributed by atoms with Gasteiger partial charge in [-0.25, -0.2) is 17.9 Å². The first-order valence-electron chi connectivity index (χ1n) is 6.36. The number of ether oxygens (including phenoxy) is 1. The minimum Gasteiger partial charge on any atom is -0.444 e. The molecule has 1 amide bonds. The minimum absolute atomic E-state index is 0.152. The molecule has 0 rings (SSSR count). The highest BCUT2D eigenvalue weighted by atomic mass is 32.2. The molecule has 0 heterocycles. The average Bonchev–Trinajstić information content (AvgIpc) is 2.12. The molecule has 0 spiro atoms. The van der Waals surface area contributed by atoms with Crippen molar-refractivity contribution < 1.29 is 17.9 Å². The second-order valence-corrected chi connectivity index (χ2v) is 7.93. The van der Waals surface area contributed by atoms with Gasteiger partial charge in [-0.1, -0.05) is 13.8 Å². The van der Waals surface area contributed by atoms with E-state index in [1.54, 1.807) is 20.8 Å². The quantitative estimate of drug-likeness (QED) is 0.777. The van der Waals surface area contributed by atoms with Crippen LogP contribution in [0, 0.1) is 5.92 Å². The van der Waals surface area contributed by atoms with Gasteiger partial charge in [-0.15, -0.1) is 0 Å². The van der Waals surface area contributed by atoms with Gasteiger partial charge in [-0.2, -0.15) is 0 Å². The van der Waals surface area contributed by atoms with E-state index in [0.29, 0.717) is 6.42 Å². The van der Waals surface area contributed by atoms with Gasteiger partial charge in [0.25, 0.3) is 0 Å². The number of hydrogen-bond acceptors (Lipinski definition) is 4. The number of nitrogens with one attached hydrogen (secondary N) is 2. The summed E-state index contributed by atoms with van der Waals surface area (Å²) < 4.78 is 30.5. The van der Waals surface area contributed by atoms with Gasteiger partial charge in [-0.05, 0) is 40.2 Å². The van der Waals surface area contributed by atoms with Crippen molar-refractivity contribution in [2.24, 2.45) is 5.92 Å². The van der Waals surface area contributed by atoms with Crippen LogP contribution in [0.5, 0.6) is 0 Å². The summed E-state index contributed by atoms with van der Waals surface area (Å²) in [6.07, 6.45) is -0.0235. The summed E-state index contributed by atoms with van der Waals surface area (Å²) in [6.45, 7) is 9.21. The molecular formula is C12H26N2O4S. The first-order chi connectivity index (χ1) is 8.45. The van der Waals surface area contributed by atoms with Crippen LogP contribution >= 0.6 is 0 Å². The zero-order valence-electron chi connectivity index (χ0n) is 12.6. The Balaban J connectivity index is 4.65. The van der Waals surface area contributed by atoms with Crippen LogP contribution in [-0.4, -0.2) is 39.0 Å². The third-order valence-electron chi connectivity index (χ3n) is 2.21. The standard InChI is InChI=1S/C12H26N2O4S/c1-9(2)7-10(8-19(16,17)13-6)14-11(15)18-12(3,4)5/h9-10,13H,7-8H2,1-6H3,(H,14,15)/t10-/m0/s1. The molecule has 1 atom stereocenters. The Morgan fingerprint density at radius 3 is 2.16 bits per heavy atom. The van der Waals surface area contributed by atoms with E-state index in [9.17, 15) is 13.2 Å². The van der Waals surface area contributed by atoms with Crippen LogP contribution in [-0.2, 0) is 14.8 Å². The van der Waals surface area contributed by atoms with Crippen LogP contribution in [0.4, 0.5) is 4.79 Å². The lowest BCUT2D eigenvalue weighted by atomic mass is 10.1. The highest BCUT2D eigenvalue weighted by molar-refractivity contribution is 7.89. The van der Waals surface area contributed by atoms with Gasteiger partial charge in [0, 0.05) is 6.04 Å². The molecule has 19 heavy (non-hydrogen) atoms. The summed E-state index contributed by atoms with van der Waals surface area (Å²) in [7, 11) is -2.02. The first-order valence-corrected chi connectivity index (χ1v) is 8.01. The average molecular weight is 294 g/mol. The summed E-state index contributed by atoms with van der Waals surface area (Å²) in [5.74, 6) is 0.119. The third-order valence-corrected chi connectivity index (χ3v) is 3.67. The van der Waals surface area contributed by atoms with Gasteiger partial charge < -0.3 is 10.1 Å². The molecule has 0 unspecified atom stereocenters. The Bertz CT molecular complexity index is 385. The topological polar surface area (TPSA) is 84.5 Å². The number of carbonyl (C=O) groups is 1. The van der Waals surface area contributed by atoms with E-state index in [2.05, 4.69) is 10.0 Å². The van der Waals surface area contributed by atoms with Crippen LogP contribution in [0.3, 0.4) is 0 Å². The lowest BCUT2D eigenvalue weighted by Gasteiger charge is -2.24. The fraction of sp³-hybridized carbons (Fsp3) is 0.917. The van der Waals surface area contributed by atoms with Crippen molar-refractivity contribution in [1.82, 2.24) is 10.0 Å². The molecule has 0 saturated heterocycles. The maximum Gasteiger partial charge on any atom is 0.407 e. The maximum absolute atomic E-state index is 11.7. The van der Waals surface area contributed by atoms with E-state index in [1.807, 2.05) is 13.8 Å². The fourth-order valence-corrected chi connectivity index (χ4v) is 2.48. The lowest BCUT2D eigenvalue weighted by molar-refractivity contribution is 0.0504. The third kappa shape index (κ3) is 9.72. The Labute approximate surface area is 116 Å². The van der Waals surface area contributed by atoms with Crippen LogP contribution < -0.4 is 10.0 Å². The summed E-state index contributed by atoms with van der Waals surface area (Å²) >= 11 is 0. The normalized spacial score (nSPS) is 14.3. The van der Waals surface area contributed by atoms with Crippen molar-refractivity contribution in [3.05, 3.63) is 0 Å². The molecule has 0 saturated carbocycles. The molecule has 0 radical (unpaired) electrons. The Hall–Kier alpha value is -0.820. The molecule has 7 heteroatoms. The zero-order valence-corrected chi connectivity index (χ0v) is 13.4. The van der Waals surface area contributed by atoms with Crippen molar-refractivity contribution in [1.29, 1.82) is 0 Å². The number of alkyl carbamates (subject to hydrolysis) is 1. The molecule has 6 nitrogen and oxygen atoms in total. The van der Waals surface area contributed by atoms with Crippen LogP contribution in [0.15, 0.2) is 0 Å². The van der Waals surface area contributed by atoms with E-state index in [-0.39, 0.29) is 11.7 Å². The highest BCUT2D eigenvalue weighted by Gasteiger charge is 2.23. The first kappa shape index (κ1) is 18.2. The molecule has 0 aromatic rings. The number of amides is 1. The smallest absolute Gasteiger partial charge is 0.407 e. The van der Waals surface area contributed by atoms with Gasteiger partial charge in [0.05, 0.1) is 5.75 Å². The fourth-order valence-electron chi connectivity index (χ4n) is 1.56. The van der Waals surface area contributed by atoms with E-state index < -0.39 is 27.8 Å². The molecule has 0 aromatic carbocycles. The highest BCUT2D eigenvalue weighted by Crippen LogP contribution is 2.10. The van der Waals surface area contributed by atoms with Gasteiger partial charge in [0.1, 0.15) is 5.60 Å². The molecule has 0 fully saturated rings. The summed E-state index contributed by atoms with van der Waals surface area (Å²) in [6, 6.07) is -0.465. The molecule has 114 valence electrons. The van der Waals surface area contributed by atoms with Gasteiger partial charge in [0.2, 0.25) is 10.0 Å². The van der Waals surface area contributed by atoms with Crippen molar-refractivity contribution in [2.45, 2.75) is 52.7 Å². The molecule has 0 aliphatic carbocycles. The van der Waals surface area contributed by atoms with Crippen LogP contribution in [0.1, 0.15) is 41.0 Å². The second-order valence-electron chi connectivity index (χ2n) is 5.96. The molecule has 0 aliphatic heterocycles. The van der Waals surface area contributed by atoms with Crippen LogP contribution in [0.25, 0.3) is 0 Å². The van der Waals surface area contributed by atoms with Crippen molar-refractivity contribution in [2.75, 3.05) is 12.8 Å². The van der Waals surface area contributed by atoms with Gasteiger partial charge >= 0.3 is 6.09 Å². The van der Waals surface area contributed by atoms with Crippen LogP contribution in [0.2, 0.25) is 0 Å². The summed E-state index contributed by atoms with van der Waals surface area (Å²) in [5.41, 5.74) is -0.603. The van der Waals surface area contributed by atoms with E-state index in [0.717, 1.165) is 0 Å². The monoisotopic (exact) mass is 294 g/mol. The van der Waals surface area contributed by atoms with Crippen molar-refractivity contribution >= 4 is 16.1 Å². The number of sulfonamides is 1. The Morgan fingerprint density at radius 1 is 1.26 bits per heavy atom. The van der Waals surface area contributed by atoms with Gasteiger partial charge in [0.15, 0.2) is 0 Å². The molecule has 0 aromatic heterocycles. The number of rotatable bonds is 6. The van der Waals surface area contributed by atoms with Gasteiger partial charge in [-0.3, -0.25) is 0 Å². The molecule has 2 N–H and O–H groups in total. The molecule has 0 bridgehead atoms. The predicted molar refractivity (Wildman–Crippen MR) is 75.5 cm³/mol. The number of hydrogen-bond donors (Lipinski definition) is 2. The molecular weight excluding hydrogens is 268 g/mol. The lowest BCUT2D eigenvalue weighted by Crippen LogP contribution is -2.44. The zero-order chi connectivity index (χ0) is 15.3. The summed E-state index contributed by atoms with van der Waals surface area (Å²) in [4.78, 5) is 11.7. The molecule has 0 aliphatic rings. The largest absolute Gasteiger partial charge is 0.444 e. The Morgan fingerprint density at radius 2 is 1.79 bits per heavy atom. The Kier molecular flexibility index (Phi) is 6.79. The second kappa shape index (κ2) is 7.09. The van der Waals surface area contributed by atoms with E-state index >= 15 is 0 Å². The SMILES string of the molecule is CNS(=O)(=O)C[C@H](CC(C)C)NC(=O)OC(C)(C)C.